The second-order valence-electron chi connectivity index (χ2n) is 7.35. The highest BCUT2D eigenvalue weighted by Crippen LogP contribution is 2.41. The molecule has 0 bridgehead atoms. The van der Waals surface area contributed by atoms with Crippen LogP contribution < -0.4 is 9.47 Å². The molecule has 4 rings (SSSR count). The lowest BCUT2D eigenvalue weighted by molar-refractivity contribution is 0.182. The fourth-order valence-electron chi connectivity index (χ4n) is 4.19. The molecule has 1 fully saturated rings. The predicted octanol–water partition coefficient (Wildman–Crippen LogP) is 4.40. The molecule has 1 unspecified atom stereocenters. The monoisotopic (exact) mass is 392 g/mol. The van der Waals surface area contributed by atoms with E-state index in [2.05, 4.69) is 22.1 Å². The van der Waals surface area contributed by atoms with Crippen molar-refractivity contribution in [2.75, 3.05) is 20.8 Å². The Bertz CT molecular complexity index is 904. The minimum atomic E-state index is 0.235. The van der Waals surface area contributed by atoms with Gasteiger partial charge in [0.1, 0.15) is 11.5 Å². The van der Waals surface area contributed by atoms with Gasteiger partial charge in [-0.2, -0.15) is 5.10 Å². The van der Waals surface area contributed by atoms with Crippen LogP contribution >= 0.6 is 0 Å². The summed E-state index contributed by atoms with van der Waals surface area (Å²) >= 11 is 0. The fraction of sp³-hybridized carbons (Fsp3) is 0.391. The van der Waals surface area contributed by atoms with Gasteiger partial charge in [0.25, 0.3) is 0 Å². The van der Waals surface area contributed by atoms with Crippen LogP contribution in [0.25, 0.3) is 5.82 Å². The Morgan fingerprint density at radius 2 is 1.76 bits per heavy atom. The Kier molecular flexibility index (Phi) is 6.10. The van der Waals surface area contributed by atoms with Gasteiger partial charge in [0.15, 0.2) is 5.82 Å². The van der Waals surface area contributed by atoms with Gasteiger partial charge >= 0.3 is 0 Å². The molecule has 0 spiro atoms. The molecule has 0 radical (unpaired) electrons. The molecule has 3 heterocycles. The number of rotatable bonds is 6. The van der Waals surface area contributed by atoms with Crippen molar-refractivity contribution < 1.29 is 9.47 Å². The highest BCUT2D eigenvalue weighted by molar-refractivity contribution is 5.47. The van der Waals surface area contributed by atoms with Crippen LogP contribution in [0.5, 0.6) is 11.5 Å². The molecule has 29 heavy (non-hydrogen) atoms. The molecular weight excluding hydrogens is 364 g/mol. The lowest BCUT2D eigenvalue weighted by Gasteiger charge is -2.32. The smallest absolute Gasteiger partial charge is 0.153 e. The molecule has 1 atom stereocenters. The molecule has 1 aliphatic heterocycles. The number of nitrogens with zero attached hydrogens (tertiary/aromatic N) is 4. The van der Waals surface area contributed by atoms with Gasteiger partial charge in [-0.3, -0.25) is 4.90 Å². The van der Waals surface area contributed by atoms with E-state index in [0.717, 1.165) is 48.1 Å². The maximum atomic E-state index is 5.71. The van der Waals surface area contributed by atoms with Crippen LogP contribution in [0.3, 0.4) is 0 Å². The molecule has 1 saturated heterocycles. The van der Waals surface area contributed by atoms with Gasteiger partial charge in [0.2, 0.25) is 0 Å². The molecule has 3 aromatic rings. The van der Waals surface area contributed by atoms with Crippen molar-refractivity contribution in [3.05, 3.63) is 66.1 Å². The van der Waals surface area contributed by atoms with Crippen LogP contribution in [-0.4, -0.2) is 40.4 Å². The zero-order chi connectivity index (χ0) is 20.1. The summed E-state index contributed by atoms with van der Waals surface area (Å²) in [6, 6.07) is 14.3. The largest absolute Gasteiger partial charge is 0.496 e. The number of aromatic nitrogens is 3. The summed E-state index contributed by atoms with van der Waals surface area (Å²) in [4.78, 5) is 7.37. The first kappa shape index (κ1) is 19.5. The van der Waals surface area contributed by atoms with Crippen molar-refractivity contribution in [2.24, 2.45) is 0 Å². The van der Waals surface area contributed by atoms with Crippen LogP contribution in [0.1, 0.15) is 43.0 Å². The first-order chi connectivity index (χ1) is 14.3. The standard InChI is InChI=1S/C23H28N4O2/c1-28-20-11-7-12-21(29-2)23(20)19-10-4-3-5-15-26(19)17-18-9-6-13-22(25-18)27-16-8-14-24-27/h6-9,11-14,16,19H,3-5,10,15,17H2,1-2H3. The molecule has 6 nitrogen and oxygen atoms in total. The number of pyridine rings is 1. The van der Waals surface area contributed by atoms with Crippen molar-refractivity contribution in [1.29, 1.82) is 0 Å². The Hall–Kier alpha value is -2.86. The molecule has 152 valence electrons. The summed E-state index contributed by atoms with van der Waals surface area (Å²) in [6.07, 6.45) is 8.39. The summed E-state index contributed by atoms with van der Waals surface area (Å²) in [5.74, 6) is 2.62. The maximum absolute atomic E-state index is 5.71. The lowest BCUT2D eigenvalue weighted by Crippen LogP contribution is -2.29. The SMILES string of the molecule is COc1cccc(OC)c1C1CCCCCN1Cc1cccc(-n2cccn2)n1. The summed E-state index contributed by atoms with van der Waals surface area (Å²) in [5, 5.41) is 4.30. The minimum absolute atomic E-state index is 0.235. The van der Waals surface area contributed by atoms with Gasteiger partial charge in [-0.1, -0.05) is 25.0 Å². The second kappa shape index (κ2) is 9.09. The van der Waals surface area contributed by atoms with E-state index in [1.54, 1.807) is 25.1 Å². The Balaban J connectivity index is 1.66. The Morgan fingerprint density at radius 3 is 2.48 bits per heavy atom. The third-order valence-corrected chi connectivity index (χ3v) is 5.56. The van der Waals surface area contributed by atoms with Crippen molar-refractivity contribution in [3.63, 3.8) is 0 Å². The van der Waals surface area contributed by atoms with E-state index < -0.39 is 0 Å². The summed E-state index contributed by atoms with van der Waals surface area (Å²) in [6.45, 7) is 1.81. The third-order valence-electron chi connectivity index (χ3n) is 5.56. The minimum Gasteiger partial charge on any atom is -0.496 e. The van der Waals surface area contributed by atoms with Crippen molar-refractivity contribution >= 4 is 0 Å². The van der Waals surface area contributed by atoms with E-state index in [0.29, 0.717) is 0 Å². The summed E-state index contributed by atoms with van der Waals surface area (Å²) < 4.78 is 13.2. The van der Waals surface area contributed by atoms with Gasteiger partial charge in [0, 0.05) is 25.0 Å². The molecule has 1 aliphatic rings. The highest BCUT2D eigenvalue weighted by Gasteiger charge is 2.28. The first-order valence-corrected chi connectivity index (χ1v) is 10.2. The average Bonchev–Trinajstić information content (AvgIpc) is 3.21. The second-order valence-corrected chi connectivity index (χ2v) is 7.35. The van der Waals surface area contributed by atoms with Crippen LogP contribution in [-0.2, 0) is 6.54 Å². The van der Waals surface area contributed by atoms with Crippen molar-refractivity contribution in [1.82, 2.24) is 19.7 Å². The number of hydrogen-bond acceptors (Lipinski definition) is 5. The molecule has 0 N–H and O–H groups in total. The highest BCUT2D eigenvalue weighted by atomic mass is 16.5. The van der Waals surface area contributed by atoms with Crippen LogP contribution in [0, 0.1) is 0 Å². The third kappa shape index (κ3) is 4.27. The van der Waals surface area contributed by atoms with Crippen LogP contribution in [0.4, 0.5) is 0 Å². The number of ether oxygens (including phenoxy) is 2. The maximum Gasteiger partial charge on any atom is 0.153 e. The number of likely N-dealkylation sites (tertiary alicyclic amines) is 1. The van der Waals surface area contributed by atoms with Gasteiger partial charge in [-0.25, -0.2) is 9.67 Å². The van der Waals surface area contributed by atoms with E-state index in [4.69, 9.17) is 14.5 Å². The molecule has 0 aliphatic carbocycles. The first-order valence-electron chi connectivity index (χ1n) is 10.2. The van der Waals surface area contributed by atoms with Crippen LogP contribution in [0.15, 0.2) is 54.9 Å². The Labute approximate surface area is 172 Å². The van der Waals surface area contributed by atoms with Gasteiger partial charge in [0.05, 0.1) is 25.5 Å². The van der Waals surface area contributed by atoms with Crippen molar-refractivity contribution in [2.45, 2.75) is 38.3 Å². The lowest BCUT2D eigenvalue weighted by atomic mass is 9.98. The topological polar surface area (TPSA) is 52.4 Å². The normalized spacial score (nSPS) is 17.7. The molecule has 0 amide bonds. The molecule has 6 heteroatoms. The van der Waals surface area contributed by atoms with Gasteiger partial charge < -0.3 is 9.47 Å². The van der Waals surface area contributed by atoms with E-state index >= 15 is 0 Å². The predicted molar refractivity (Wildman–Crippen MR) is 113 cm³/mol. The zero-order valence-electron chi connectivity index (χ0n) is 17.1. The number of methoxy groups -OCH3 is 2. The van der Waals surface area contributed by atoms with E-state index in [1.165, 1.54) is 19.3 Å². The zero-order valence-corrected chi connectivity index (χ0v) is 17.1. The molecule has 2 aromatic heterocycles. The quantitative estimate of drug-likeness (QED) is 0.622. The van der Waals surface area contributed by atoms with E-state index in [1.807, 2.05) is 36.5 Å². The van der Waals surface area contributed by atoms with Crippen LogP contribution in [0.2, 0.25) is 0 Å². The van der Waals surface area contributed by atoms with Crippen molar-refractivity contribution in [3.8, 4) is 17.3 Å². The average molecular weight is 393 g/mol. The number of hydrogen-bond donors (Lipinski definition) is 0. The van der Waals surface area contributed by atoms with E-state index in [-0.39, 0.29) is 6.04 Å². The number of benzene rings is 1. The summed E-state index contributed by atoms with van der Waals surface area (Å²) in [7, 11) is 3.46. The molecule has 1 aromatic carbocycles. The van der Waals surface area contributed by atoms with E-state index in [9.17, 15) is 0 Å². The fourth-order valence-corrected chi connectivity index (χ4v) is 4.19. The Morgan fingerprint density at radius 1 is 0.966 bits per heavy atom. The molecule has 0 saturated carbocycles. The van der Waals surface area contributed by atoms with Gasteiger partial charge in [-0.05, 0) is 49.7 Å². The van der Waals surface area contributed by atoms with Gasteiger partial charge in [-0.15, -0.1) is 0 Å². The summed E-state index contributed by atoms with van der Waals surface area (Å²) in [5.41, 5.74) is 2.18. The molecular formula is C23H28N4O2.